The van der Waals surface area contributed by atoms with Gasteiger partial charge in [-0.1, -0.05) is 11.6 Å². The number of H-pyrrole nitrogens is 1. The van der Waals surface area contributed by atoms with Gasteiger partial charge in [-0.3, -0.25) is 9.59 Å². The molecule has 0 saturated carbocycles. The summed E-state index contributed by atoms with van der Waals surface area (Å²) < 4.78 is 0. The van der Waals surface area contributed by atoms with E-state index in [9.17, 15) is 9.59 Å². The number of anilines is 2. The van der Waals surface area contributed by atoms with Crippen LogP contribution in [0.2, 0.25) is 0 Å². The minimum atomic E-state index is -0.315. The zero-order chi connectivity index (χ0) is 13.8. The van der Waals surface area contributed by atoms with Gasteiger partial charge in [0.2, 0.25) is 0 Å². The third kappa shape index (κ3) is 2.98. The smallest absolute Gasteiger partial charge is 0.264 e. The summed E-state index contributed by atoms with van der Waals surface area (Å²) in [7, 11) is 1.75. The van der Waals surface area contributed by atoms with Crippen molar-refractivity contribution in [3.05, 3.63) is 51.8 Å². The van der Waals surface area contributed by atoms with E-state index in [1.54, 1.807) is 13.1 Å². The first-order valence-electron chi connectivity index (χ1n) is 5.75. The van der Waals surface area contributed by atoms with Crippen LogP contribution in [0.4, 0.5) is 11.5 Å². The van der Waals surface area contributed by atoms with Crippen molar-refractivity contribution < 1.29 is 4.79 Å². The van der Waals surface area contributed by atoms with E-state index in [0.717, 1.165) is 11.3 Å². The molecule has 0 aliphatic heterocycles. The Hall–Kier alpha value is -2.63. The van der Waals surface area contributed by atoms with E-state index in [1.807, 2.05) is 19.1 Å². The monoisotopic (exact) mass is 258 g/mol. The van der Waals surface area contributed by atoms with Crippen LogP contribution in [-0.4, -0.2) is 23.2 Å². The number of hydrogen-bond acceptors (Lipinski definition) is 4. The standard InChI is InChI=1S/C13H14N4O2/c1-8-3-4-10(14-2)9(7-8)13(19)15-11-5-6-12(18)17-16-11/h3-7,14H,1-2H3,(H,17,18)(H,15,16,19). The number of aromatic amines is 1. The lowest BCUT2D eigenvalue weighted by Gasteiger charge is -2.10. The minimum Gasteiger partial charge on any atom is -0.387 e. The van der Waals surface area contributed by atoms with Crippen molar-refractivity contribution in [1.82, 2.24) is 10.2 Å². The molecule has 0 radical (unpaired) electrons. The predicted molar refractivity (Wildman–Crippen MR) is 73.5 cm³/mol. The fourth-order valence-corrected chi connectivity index (χ4v) is 1.66. The Morgan fingerprint density at radius 3 is 2.68 bits per heavy atom. The van der Waals surface area contributed by atoms with E-state index in [-0.39, 0.29) is 11.5 Å². The number of benzene rings is 1. The Morgan fingerprint density at radius 2 is 2.05 bits per heavy atom. The van der Waals surface area contributed by atoms with Gasteiger partial charge in [-0.05, 0) is 25.1 Å². The Bertz CT molecular complexity index is 643. The first-order valence-corrected chi connectivity index (χ1v) is 5.75. The van der Waals surface area contributed by atoms with Gasteiger partial charge in [0.05, 0.1) is 5.56 Å². The van der Waals surface area contributed by atoms with E-state index in [4.69, 9.17) is 0 Å². The number of nitrogens with one attached hydrogen (secondary N) is 3. The highest BCUT2D eigenvalue weighted by molar-refractivity contribution is 6.07. The van der Waals surface area contributed by atoms with Crippen LogP contribution < -0.4 is 16.2 Å². The number of aryl methyl sites for hydroxylation is 1. The molecule has 19 heavy (non-hydrogen) atoms. The van der Waals surface area contributed by atoms with E-state index in [0.29, 0.717) is 11.4 Å². The number of carbonyl (C=O) groups is 1. The van der Waals surface area contributed by atoms with E-state index in [1.165, 1.54) is 12.1 Å². The van der Waals surface area contributed by atoms with Gasteiger partial charge < -0.3 is 10.6 Å². The summed E-state index contributed by atoms with van der Waals surface area (Å²) in [4.78, 5) is 23.0. The third-order valence-corrected chi connectivity index (χ3v) is 2.61. The van der Waals surface area contributed by atoms with Crippen LogP contribution >= 0.6 is 0 Å². The second kappa shape index (κ2) is 5.34. The molecule has 2 aromatic rings. The van der Waals surface area contributed by atoms with Crippen molar-refractivity contribution in [2.24, 2.45) is 0 Å². The quantitative estimate of drug-likeness (QED) is 0.776. The average molecular weight is 258 g/mol. The molecule has 0 atom stereocenters. The summed E-state index contributed by atoms with van der Waals surface area (Å²) in [5, 5.41) is 11.6. The number of rotatable bonds is 3. The molecule has 0 fully saturated rings. The van der Waals surface area contributed by atoms with Crippen LogP contribution in [0.1, 0.15) is 15.9 Å². The maximum atomic E-state index is 12.1. The lowest BCUT2D eigenvalue weighted by molar-refractivity contribution is 0.102. The summed E-state index contributed by atoms with van der Waals surface area (Å²) in [6.45, 7) is 1.91. The summed E-state index contributed by atoms with van der Waals surface area (Å²) in [5.41, 5.74) is 1.92. The molecule has 6 nitrogen and oxygen atoms in total. The summed E-state index contributed by atoms with van der Waals surface area (Å²) >= 11 is 0. The van der Waals surface area contributed by atoms with Crippen LogP contribution in [0.25, 0.3) is 0 Å². The van der Waals surface area contributed by atoms with Crippen molar-refractivity contribution in [2.75, 3.05) is 17.7 Å². The van der Waals surface area contributed by atoms with Gasteiger partial charge in [-0.25, -0.2) is 5.10 Å². The molecule has 98 valence electrons. The highest BCUT2D eigenvalue weighted by atomic mass is 16.2. The maximum Gasteiger partial charge on any atom is 0.264 e. The van der Waals surface area contributed by atoms with Crippen molar-refractivity contribution >= 4 is 17.4 Å². The van der Waals surface area contributed by atoms with Gasteiger partial charge in [0, 0.05) is 18.8 Å². The molecule has 1 amide bonds. The first-order chi connectivity index (χ1) is 9.10. The second-order valence-electron chi connectivity index (χ2n) is 4.06. The molecule has 1 aromatic heterocycles. The SMILES string of the molecule is CNc1ccc(C)cc1C(=O)Nc1ccc(=O)[nH]n1. The van der Waals surface area contributed by atoms with E-state index < -0.39 is 0 Å². The van der Waals surface area contributed by atoms with Crippen LogP contribution in [0.3, 0.4) is 0 Å². The van der Waals surface area contributed by atoms with Crippen molar-refractivity contribution in [1.29, 1.82) is 0 Å². The fraction of sp³-hybridized carbons (Fsp3) is 0.154. The predicted octanol–water partition coefficient (Wildman–Crippen LogP) is 1.37. The van der Waals surface area contributed by atoms with Gasteiger partial charge in [0.25, 0.3) is 11.5 Å². The second-order valence-corrected chi connectivity index (χ2v) is 4.06. The van der Waals surface area contributed by atoms with Gasteiger partial charge in [-0.2, -0.15) is 5.10 Å². The summed E-state index contributed by atoms with van der Waals surface area (Å²) in [6, 6.07) is 8.29. The fourth-order valence-electron chi connectivity index (χ4n) is 1.66. The molecule has 1 heterocycles. The Kier molecular flexibility index (Phi) is 3.61. The maximum absolute atomic E-state index is 12.1. The molecule has 0 aliphatic carbocycles. The van der Waals surface area contributed by atoms with Crippen LogP contribution in [0.15, 0.2) is 35.1 Å². The van der Waals surface area contributed by atoms with Gasteiger partial charge in [0.1, 0.15) is 0 Å². The van der Waals surface area contributed by atoms with Crippen LogP contribution in [0.5, 0.6) is 0 Å². The lowest BCUT2D eigenvalue weighted by Crippen LogP contribution is -2.17. The number of carbonyl (C=O) groups excluding carboxylic acids is 1. The molecule has 0 saturated heterocycles. The van der Waals surface area contributed by atoms with Crippen molar-refractivity contribution in [2.45, 2.75) is 6.92 Å². The number of nitrogens with zero attached hydrogens (tertiary/aromatic N) is 1. The summed E-state index contributed by atoms with van der Waals surface area (Å²) in [5.74, 6) is 0.0146. The van der Waals surface area contributed by atoms with Crippen LogP contribution in [0, 0.1) is 6.92 Å². The molecule has 6 heteroatoms. The average Bonchev–Trinajstić information content (AvgIpc) is 2.41. The lowest BCUT2D eigenvalue weighted by atomic mass is 10.1. The van der Waals surface area contributed by atoms with Gasteiger partial charge in [0.15, 0.2) is 5.82 Å². The number of hydrogen-bond donors (Lipinski definition) is 3. The van der Waals surface area contributed by atoms with Crippen molar-refractivity contribution in [3.63, 3.8) is 0 Å². The molecular formula is C13H14N4O2. The van der Waals surface area contributed by atoms with Gasteiger partial charge in [-0.15, -0.1) is 0 Å². The Balaban J connectivity index is 2.27. The number of aromatic nitrogens is 2. The van der Waals surface area contributed by atoms with Crippen molar-refractivity contribution in [3.8, 4) is 0 Å². The molecule has 0 bridgehead atoms. The molecule has 3 N–H and O–H groups in total. The zero-order valence-corrected chi connectivity index (χ0v) is 10.7. The third-order valence-electron chi connectivity index (χ3n) is 2.61. The van der Waals surface area contributed by atoms with Crippen LogP contribution in [-0.2, 0) is 0 Å². The van der Waals surface area contributed by atoms with E-state index in [2.05, 4.69) is 20.8 Å². The molecular weight excluding hydrogens is 244 g/mol. The molecule has 0 spiro atoms. The topological polar surface area (TPSA) is 86.9 Å². The zero-order valence-electron chi connectivity index (χ0n) is 10.7. The molecule has 2 rings (SSSR count). The first kappa shape index (κ1) is 12.8. The van der Waals surface area contributed by atoms with Gasteiger partial charge >= 0.3 is 0 Å². The highest BCUT2D eigenvalue weighted by Gasteiger charge is 2.11. The molecule has 0 unspecified atom stereocenters. The largest absolute Gasteiger partial charge is 0.387 e. The normalized spacial score (nSPS) is 10.0. The van der Waals surface area contributed by atoms with E-state index >= 15 is 0 Å². The Morgan fingerprint density at radius 1 is 1.26 bits per heavy atom. The highest BCUT2D eigenvalue weighted by Crippen LogP contribution is 2.17. The summed E-state index contributed by atoms with van der Waals surface area (Å²) in [6.07, 6.45) is 0. The molecule has 0 aliphatic rings. The molecule has 1 aromatic carbocycles. The Labute approximate surface area is 109 Å². The number of amides is 1. The minimum absolute atomic E-state index is 0.285.